The highest BCUT2D eigenvalue weighted by molar-refractivity contribution is 6.32. The maximum Gasteiger partial charge on any atom is 0.248 e. The molecule has 4 rings (SSSR count). The minimum Gasteiger partial charge on any atom is -0.451 e. The Kier molecular flexibility index (Phi) is 5.80. The van der Waals surface area contributed by atoms with E-state index in [1.165, 1.54) is 18.2 Å². The number of primary amides is 1. The number of benzene rings is 3. The van der Waals surface area contributed by atoms with Crippen LogP contribution in [-0.2, 0) is 4.79 Å². The molecule has 0 aromatic heterocycles. The number of hydrogen-bond donors (Lipinski definition) is 1. The number of para-hydroxylation sites is 1. The van der Waals surface area contributed by atoms with Gasteiger partial charge in [-0.05, 0) is 48.0 Å². The predicted octanol–water partition coefficient (Wildman–Crippen LogP) is 4.76. The molecule has 32 heavy (non-hydrogen) atoms. The Labute approximate surface area is 188 Å². The van der Waals surface area contributed by atoms with Crippen molar-refractivity contribution in [1.29, 1.82) is 5.26 Å². The van der Waals surface area contributed by atoms with E-state index in [0.717, 1.165) is 5.56 Å². The van der Waals surface area contributed by atoms with Crippen LogP contribution in [0.1, 0.15) is 33.8 Å². The molecule has 3 aromatic rings. The first-order chi connectivity index (χ1) is 15.4. The topological polar surface area (TPSA) is 96.4 Å². The van der Waals surface area contributed by atoms with Crippen molar-refractivity contribution in [3.63, 3.8) is 0 Å². The molecule has 1 heterocycles. The summed E-state index contributed by atoms with van der Waals surface area (Å²) in [5.41, 5.74) is 7.07. The van der Waals surface area contributed by atoms with Gasteiger partial charge in [-0.2, -0.15) is 5.26 Å². The monoisotopic (exact) mass is 449 g/mol. The van der Waals surface area contributed by atoms with Crippen molar-refractivity contribution in [3.05, 3.63) is 88.2 Å². The van der Waals surface area contributed by atoms with E-state index in [1.54, 1.807) is 47.4 Å². The standard InChI is InChI=1S/C24H17ClFN3O3/c25-19-8-7-14(10-21(19)32-23-16(12-27)4-2-6-20(23)26)17-11-22(30)29(13-17)18-5-1-3-15(9-18)24(28)31/h1-10,17H,11,13H2,(H2,28,31)/t17-/m0/s1. The minimum atomic E-state index is -0.679. The predicted molar refractivity (Wildman–Crippen MR) is 117 cm³/mol. The van der Waals surface area contributed by atoms with E-state index >= 15 is 0 Å². The molecule has 0 bridgehead atoms. The maximum atomic E-state index is 14.2. The van der Waals surface area contributed by atoms with E-state index in [4.69, 9.17) is 22.1 Å². The summed E-state index contributed by atoms with van der Waals surface area (Å²) in [6, 6.07) is 17.6. The van der Waals surface area contributed by atoms with Gasteiger partial charge >= 0.3 is 0 Å². The molecular formula is C24H17ClFN3O3. The molecule has 0 aliphatic carbocycles. The Bertz CT molecular complexity index is 1270. The smallest absolute Gasteiger partial charge is 0.248 e. The number of anilines is 1. The van der Waals surface area contributed by atoms with Gasteiger partial charge in [-0.3, -0.25) is 9.59 Å². The molecule has 160 valence electrons. The first kappa shape index (κ1) is 21.3. The van der Waals surface area contributed by atoms with Crippen LogP contribution in [0.25, 0.3) is 0 Å². The number of nitrogens with zero attached hydrogens (tertiary/aromatic N) is 2. The third kappa shape index (κ3) is 4.13. The van der Waals surface area contributed by atoms with Crippen LogP contribution < -0.4 is 15.4 Å². The lowest BCUT2D eigenvalue weighted by Gasteiger charge is -2.18. The van der Waals surface area contributed by atoms with Crippen molar-refractivity contribution >= 4 is 29.1 Å². The van der Waals surface area contributed by atoms with Crippen molar-refractivity contribution in [2.75, 3.05) is 11.4 Å². The number of ether oxygens (including phenoxy) is 1. The first-order valence-electron chi connectivity index (χ1n) is 9.73. The van der Waals surface area contributed by atoms with E-state index in [0.29, 0.717) is 17.8 Å². The molecule has 0 radical (unpaired) electrons. The summed E-state index contributed by atoms with van der Waals surface area (Å²) in [6.45, 7) is 0.380. The summed E-state index contributed by atoms with van der Waals surface area (Å²) < 4.78 is 19.9. The highest BCUT2D eigenvalue weighted by Crippen LogP contribution is 2.38. The highest BCUT2D eigenvalue weighted by atomic mass is 35.5. The van der Waals surface area contributed by atoms with Gasteiger partial charge in [-0.15, -0.1) is 0 Å². The molecule has 0 saturated carbocycles. The normalized spacial score (nSPS) is 15.5. The molecule has 1 aliphatic heterocycles. The van der Waals surface area contributed by atoms with Gasteiger partial charge in [0.1, 0.15) is 11.8 Å². The summed E-state index contributed by atoms with van der Waals surface area (Å²) in [5, 5.41) is 9.48. The quantitative estimate of drug-likeness (QED) is 0.607. The zero-order chi connectivity index (χ0) is 22.8. The zero-order valence-corrected chi connectivity index (χ0v) is 17.5. The van der Waals surface area contributed by atoms with Crippen molar-refractivity contribution in [3.8, 4) is 17.6 Å². The molecule has 6 nitrogen and oxygen atoms in total. The van der Waals surface area contributed by atoms with E-state index in [-0.39, 0.29) is 40.3 Å². The van der Waals surface area contributed by atoms with Gasteiger partial charge in [0.25, 0.3) is 0 Å². The Morgan fingerprint density at radius 3 is 2.72 bits per heavy atom. The summed E-state index contributed by atoms with van der Waals surface area (Å²) >= 11 is 6.25. The largest absolute Gasteiger partial charge is 0.451 e. The van der Waals surface area contributed by atoms with E-state index in [2.05, 4.69) is 0 Å². The van der Waals surface area contributed by atoms with Crippen LogP contribution in [-0.4, -0.2) is 18.4 Å². The van der Waals surface area contributed by atoms with Gasteiger partial charge in [0.05, 0.1) is 10.6 Å². The first-order valence-corrected chi connectivity index (χ1v) is 10.1. The third-order valence-electron chi connectivity index (χ3n) is 5.29. The van der Waals surface area contributed by atoms with Crippen molar-refractivity contribution < 1.29 is 18.7 Å². The van der Waals surface area contributed by atoms with Crippen molar-refractivity contribution in [2.45, 2.75) is 12.3 Å². The second kappa shape index (κ2) is 8.69. The average molecular weight is 450 g/mol. The van der Waals surface area contributed by atoms with E-state index in [1.807, 2.05) is 6.07 Å². The number of amides is 2. The number of hydrogen-bond acceptors (Lipinski definition) is 4. The number of halogens is 2. The van der Waals surface area contributed by atoms with E-state index < -0.39 is 11.7 Å². The highest BCUT2D eigenvalue weighted by Gasteiger charge is 2.32. The number of rotatable bonds is 5. The van der Waals surface area contributed by atoms with Crippen LogP contribution in [0.5, 0.6) is 11.5 Å². The summed E-state index contributed by atoms with van der Waals surface area (Å²) in [5.74, 6) is -1.54. The van der Waals surface area contributed by atoms with Gasteiger partial charge in [-0.25, -0.2) is 4.39 Å². The number of nitriles is 1. The maximum absolute atomic E-state index is 14.2. The summed E-state index contributed by atoms with van der Waals surface area (Å²) in [6.07, 6.45) is 0.241. The van der Waals surface area contributed by atoms with Crippen LogP contribution in [0, 0.1) is 17.1 Å². The number of carbonyl (C=O) groups is 2. The van der Waals surface area contributed by atoms with Crippen LogP contribution in [0.2, 0.25) is 5.02 Å². The molecule has 1 atom stereocenters. The minimum absolute atomic E-state index is 0.0445. The van der Waals surface area contributed by atoms with Gasteiger partial charge in [0, 0.05) is 30.1 Å². The average Bonchev–Trinajstić information content (AvgIpc) is 3.18. The van der Waals surface area contributed by atoms with Crippen LogP contribution in [0.4, 0.5) is 10.1 Å². The van der Waals surface area contributed by atoms with Crippen LogP contribution in [0.15, 0.2) is 60.7 Å². The summed E-state index contributed by atoms with van der Waals surface area (Å²) in [7, 11) is 0. The number of nitrogens with two attached hydrogens (primary N) is 1. The Morgan fingerprint density at radius 1 is 1.19 bits per heavy atom. The molecule has 2 amide bonds. The molecule has 1 aliphatic rings. The fourth-order valence-corrected chi connectivity index (χ4v) is 3.83. The Hall–Kier alpha value is -3.89. The Morgan fingerprint density at radius 2 is 1.97 bits per heavy atom. The molecule has 1 fully saturated rings. The van der Waals surface area contributed by atoms with Gasteiger partial charge < -0.3 is 15.4 Å². The van der Waals surface area contributed by atoms with Gasteiger partial charge in [0.2, 0.25) is 11.8 Å². The lowest BCUT2D eigenvalue weighted by atomic mass is 9.98. The van der Waals surface area contributed by atoms with Crippen molar-refractivity contribution in [1.82, 2.24) is 0 Å². The molecule has 8 heteroatoms. The van der Waals surface area contributed by atoms with Crippen LogP contribution >= 0.6 is 11.6 Å². The lowest BCUT2D eigenvalue weighted by molar-refractivity contribution is -0.117. The SMILES string of the molecule is N#Cc1cccc(F)c1Oc1cc([C@H]2CC(=O)N(c3cccc(C(N)=O)c3)C2)ccc1Cl. The summed E-state index contributed by atoms with van der Waals surface area (Å²) in [4.78, 5) is 25.7. The fourth-order valence-electron chi connectivity index (χ4n) is 3.67. The van der Waals surface area contributed by atoms with Gasteiger partial charge in [-0.1, -0.05) is 29.8 Å². The lowest BCUT2D eigenvalue weighted by Crippen LogP contribution is -2.24. The molecule has 0 spiro atoms. The van der Waals surface area contributed by atoms with E-state index in [9.17, 15) is 19.2 Å². The molecule has 2 N–H and O–H groups in total. The number of carbonyl (C=O) groups excluding carboxylic acids is 2. The van der Waals surface area contributed by atoms with Gasteiger partial charge in [0.15, 0.2) is 11.6 Å². The molecule has 1 saturated heterocycles. The Balaban J connectivity index is 1.61. The zero-order valence-electron chi connectivity index (χ0n) is 16.7. The molecule has 3 aromatic carbocycles. The second-order valence-corrected chi connectivity index (χ2v) is 7.75. The molecular weight excluding hydrogens is 433 g/mol. The molecule has 0 unspecified atom stereocenters. The fraction of sp³-hybridized carbons (Fsp3) is 0.125. The second-order valence-electron chi connectivity index (χ2n) is 7.34. The van der Waals surface area contributed by atoms with Crippen LogP contribution in [0.3, 0.4) is 0 Å². The third-order valence-corrected chi connectivity index (χ3v) is 5.61. The van der Waals surface area contributed by atoms with Crippen molar-refractivity contribution in [2.24, 2.45) is 5.73 Å².